The van der Waals surface area contributed by atoms with Gasteiger partial charge in [-0.2, -0.15) is 5.26 Å². The van der Waals surface area contributed by atoms with Gasteiger partial charge >= 0.3 is 0 Å². The second-order valence-corrected chi connectivity index (χ2v) is 3.53. The van der Waals surface area contributed by atoms with Gasteiger partial charge in [-0.3, -0.25) is 9.69 Å². The topological polar surface area (TPSA) is 68.2 Å². The van der Waals surface area contributed by atoms with Gasteiger partial charge in [0.2, 0.25) is 5.91 Å². The zero-order chi connectivity index (χ0) is 10.4. The molecule has 1 atom stereocenters. The number of hydrogen-bond acceptors (Lipinski definition) is 4. The molecule has 0 aliphatic carbocycles. The van der Waals surface area contributed by atoms with Crippen LogP contribution in [-0.2, 0) is 4.79 Å². The Bertz CT molecular complexity index is 235. The van der Waals surface area contributed by atoms with E-state index in [-0.39, 0.29) is 12.5 Å². The van der Waals surface area contributed by atoms with Crippen LogP contribution in [-0.4, -0.2) is 49.6 Å². The molecule has 5 nitrogen and oxygen atoms in total. The summed E-state index contributed by atoms with van der Waals surface area (Å²) in [5.74, 6) is -0.0688. The number of rotatable bonds is 3. The van der Waals surface area contributed by atoms with Crippen LogP contribution < -0.4 is 10.6 Å². The highest BCUT2D eigenvalue weighted by Crippen LogP contribution is 1.97. The molecule has 0 bridgehead atoms. The summed E-state index contributed by atoms with van der Waals surface area (Å²) in [6, 6.07) is 2.32. The van der Waals surface area contributed by atoms with Crippen molar-refractivity contribution < 1.29 is 4.79 Å². The van der Waals surface area contributed by atoms with E-state index in [2.05, 4.69) is 22.5 Å². The molecule has 0 spiro atoms. The van der Waals surface area contributed by atoms with E-state index in [0.29, 0.717) is 12.6 Å². The van der Waals surface area contributed by atoms with Crippen molar-refractivity contribution in [2.45, 2.75) is 13.0 Å². The second-order valence-electron chi connectivity index (χ2n) is 3.53. The van der Waals surface area contributed by atoms with E-state index < -0.39 is 0 Å². The summed E-state index contributed by atoms with van der Waals surface area (Å²) in [5.41, 5.74) is 0. The van der Waals surface area contributed by atoms with Crippen LogP contribution in [0.1, 0.15) is 6.92 Å². The minimum atomic E-state index is -0.0688. The minimum absolute atomic E-state index is 0.0688. The molecule has 1 aliphatic heterocycles. The maximum Gasteiger partial charge on any atom is 0.235 e. The molecule has 2 N–H and O–H groups in total. The standard InChI is InChI=1S/C9H16N4O/c1-8-6-13(5-4-11-8)7-9(14)12-3-2-10/h8,11H,3-7H2,1H3,(H,12,14). The van der Waals surface area contributed by atoms with Gasteiger partial charge in [0.15, 0.2) is 0 Å². The number of nitriles is 1. The normalized spacial score (nSPS) is 22.7. The molecular formula is C9H16N4O. The molecule has 1 unspecified atom stereocenters. The molecule has 1 heterocycles. The molecule has 0 saturated carbocycles. The summed E-state index contributed by atoms with van der Waals surface area (Å²) in [5, 5.41) is 14.1. The van der Waals surface area contributed by atoms with Crippen molar-refractivity contribution in [2.24, 2.45) is 0 Å². The Morgan fingerprint density at radius 3 is 3.21 bits per heavy atom. The highest BCUT2D eigenvalue weighted by molar-refractivity contribution is 5.78. The first-order chi connectivity index (χ1) is 6.72. The first-order valence-electron chi connectivity index (χ1n) is 4.81. The fourth-order valence-electron chi connectivity index (χ4n) is 1.55. The molecule has 0 aromatic carbocycles. The number of amides is 1. The number of carbonyl (C=O) groups is 1. The average molecular weight is 196 g/mol. The summed E-state index contributed by atoms with van der Waals surface area (Å²) >= 11 is 0. The zero-order valence-corrected chi connectivity index (χ0v) is 8.42. The number of hydrogen-bond donors (Lipinski definition) is 2. The van der Waals surface area contributed by atoms with Crippen molar-refractivity contribution in [1.29, 1.82) is 5.26 Å². The lowest BCUT2D eigenvalue weighted by Gasteiger charge is -2.31. The third-order valence-electron chi connectivity index (χ3n) is 2.18. The Labute approximate surface area is 84.1 Å². The Kier molecular flexibility index (Phi) is 4.36. The number of piperazine rings is 1. The smallest absolute Gasteiger partial charge is 0.235 e. The van der Waals surface area contributed by atoms with E-state index >= 15 is 0 Å². The Hall–Kier alpha value is -1.12. The predicted molar refractivity (Wildman–Crippen MR) is 52.5 cm³/mol. The van der Waals surface area contributed by atoms with Crippen LogP contribution in [0.15, 0.2) is 0 Å². The lowest BCUT2D eigenvalue weighted by Crippen LogP contribution is -2.51. The van der Waals surface area contributed by atoms with Gasteiger partial charge in [-0.15, -0.1) is 0 Å². The Balaban J connectivity index is 2.22. The van der Waals surface area contributed by atoms with Gasteiger partial charge in [0, 0.05) is 25.7 Å². The van der Waals surface area contributed by atoms with Gasteiger partial charge in [-0.25, -0.2) is 0 Å². The van der Waals surface area contributed by atoms with E-state index in [9.17, 15) is 4.79 Å². The van der Waals surface area contributed by atoms with E-state index in [1.165, 1.54) is 0 Å². The van der Waals surface area contributed by atoms with Crippen LogP contribution in [0.25, 0.3) is 0 Å². The van der Waals surface area contributed by atoms with Crippen molar-refractivity contribution in [3.05, 3.63) is 0 Å². The van der Waals surface area contributed by atoms with Crippen LogP contribution in [0.4, 0.5) is 0 Å². The third-order valence-corrected chi connectivity index (χ3v) is 2.18. The lowest BCUT2D eigenvalue weighted by molar-refractivity contribution is -0.122. The van der Waals surface area contributed by atoms with Crippen LogP contribution in [0.3, 0.4) is 0 Å². The van der Waals surface area contributed by atoms with E-state index in [0.717, 1.165) is 19.6 Å². The van der Waals surface area contributed by atoms with Crippen molar-refractivity contribution >= 4 is 5.91 Å². The number of nitrogens with zero attached hydrogens (tertiary/aromatic N) is 2. The molecule has 5 heteroatoms. The van der Waals surface area contributed by atoms with E-state index in [1.807, 2.05) is 6.07 Å². The Morgan fingerprint density at radius 2 is 2.57 bits per heavy atom. The monoisotopic (exact) mass is 196 g/mol. The molecule has 1 saturated heterocycles. The van der Waals surface area contributed by atoms with Gasteiger partial charge in [-0.1, -0.05) is 0 Å². The maximum atomic E-state index is 11.3. The van der Waals surface area contributed by atoms with Gasteiger partial charge in [0.1, 0.15) is 6.54 Å². The zero-order valence-electron chi connectivity index (χ0n) is 8.42. The van der Waals surface area contributed by atoms with Crippen molar-refractivity contribution in [3.63, 3.8) is 0 Å². The molecule has 0 radical (unpaired) electrons. The summed E-state index contributed by atoms with van der Waals surface area (Å²) in [7, 11) is 0. The Morgan fingerprint density at radius 1 is 1.79 bits per heavy atom. The highest BCUT2D eigenvalue weighted by Gasteiger charge is 2.17. The van der Waals surface area contributed by atoms with Crippen LogP contribution in [0.5, 0.6) is 0 Å². The third kappa shape index (κ3) is 3.73. The van der Waals surface area contributed by atoms with Crippen molar-refractivity contribution in [2.75, 3.05) is 32.7 Å². The first-order valence-corrected chi connectivity index (χ1v) is 4.81. The number of nitrogens with one attached hydrogen (secondary N) is 2. The minimum Gasteiger partial charge on any atom is -0.342 e. The van der Waals surface area contributed by atoms with Crippen molar-refractivity contribution in [3.8, 4) is 6.07 Å². The molecular weight excluding hydrogens is 180 g/mol. The SMILES string of the molecule is CC1CN(CC(=O)NCC#N)CCN1. The number of carbonyl (C=O) groups excluding carboxylic acids is 1. The molecule has 1 amide bonds. The van der Waals surface area contributed by atoms with Gasteiger partial charge in [0.25, 0.3) is 0 Å². The summed E-state index contributed by atoms with van der Waals surface area (Å²) in [4.78, 5) is 13.3. The molecule has 1 fully saturated rings. The van der Waals surface area contributed by atoms with E-state index in [1.54, 1.807) is 0 Å². The van der Waals surface area contributed by atoms with Gasteiger partial charge in [-0.05, 0) is 6.92 Å². The maximum absolute atomic E-state index is 11.3. The summed E-state index contributed by atoms with van der Waals surface area (Å²) in [6.07, 6.45) is 0. The second kappa shape index (κ2) is 5.58. The van der Waals surface area contributed by atoms with Gasteiger partial charge in [0.05, 0.1) is 12.6 Å². The molecule has 78 valence electrons. The van der Waals surface area contributed by atoms with Crippen molar-refractivity contribution in [1.82, 2.24) is 15.5 Å². The molecule has 0 aromatic heterocycles. The van der Waals surface area contributed by atoms with Crippen LogP contribution in [0.2, 0.25) is 0 Å². The molecule has 0 aromatic rings. The van der Waals surface area contributed by atoms with Gasteiger partial charge < -0.3 is 10.6 Å². The fraction of sp³-hybridized carbons (Fsp3) is 0.778. The summed E-state index contributed by atoms with van der Waals surface area (Å²) < 4.78 is 0. The largest absolute Gasteiger partial charge is 0.342 e. The average Bonchev–Trinajstić information content (AvgIpc) is 2.15. The fourth-order valence-corrected chi connectivity index (χ4v) is 1.55. The van der Waals surface area contributed by atoms with Crippen LogP contribution >= 0.6 is 0 Å². The molecule has 1 rings (SSSR count). The first kappa shape index (κ1) is 11.0. The highest BCUT2D eigenvalue weighted by atomic mass is 16.2. The van der Waals surface area contributed by atoms with Crippen LogP contribution in [0, 0.1) is 11.3 Å². The van der Waals surface area contributed by atoms with E-state index in [4.69, 9.17) is 5.26 Å². The predicted octanol–water partition coefficient (Wildman–Crippen LogP) is -1.08. The summed E-state index contributed by atoms with van der Waals surface area (Å²) in [6.45, 7) is 5.30. The molecule has 14 heavy (non-hydrogen) atoms. The lowest BCUT2D eigenvalue weighted by atomic mass is 10.2. The quantitative estimate of drug-likeness (QED) is 0.563. The molecule has 1 aliphatic rings.